The predicted octanol–water partition coefficient (Wildman–Crippen LogP) is 1.38. The van der Waals surface area contributed by atoms with Crippen molar-refractivity contribution < 1.29 is 4.79 Å². The molecule has 1 amide bonds. The van der Waals surface area contributed by atoms with E-state index < -0.39 is 0 Å². The van der Waals surface area contributed by atoms with Crippen LogP contribution in [0.5, 0.6) is 0 Å². The Morgan fingerprint density at radius 2 is 2.00 bits per heavy atom. The van der Waals surface area contributed by atoms with Gasteiger partial charge in [-0.15, -0.1) is 0 Å². The highest BCUT2D eigenvalue weighted by molar-refractivity contribution is 5.74. The zero-order valence-electron chi connectivity index (χ0n) is 11.9. The van der Waals surface area contributed by atoms with Crippen molar-refractivity contribution in [2.45, 2.75) is 58.7 Å². The van der Waals surface area contributed by atoms with E-state index in [2.05, 4.69) is 31.2 Å². The molecule has 3 N–H and O–H groups in total. The van der Waals surface area contributed by atoms with Gasteiger partial charge in [0.2, 0.25) is 5.91 Å². The van der Waals surface area contributed by atoms with Gasteiger partial charge in [-0.05, 0) is 34.6 Å². The molecule has 0 saturated carbocycles. The molecule has 0 aromatic carbocycles. The van der Waals surface area contributed by atoms with Crippen LogP contribution < -0.4 is 11.1 Å². The maximum Gasteiger partial charge on any atom is 0.219 e. The lowest BCUT2D eigenvalue weighted by molar-refractivity contribution is -0.119. The molecule has 102 valence electrons. The van der Waals surface area contributed by atoms with Crippen LogP contribution >= 0.6 is 0 Å². The molecule has 0 fully saturated rings. The summed E-state index contributed by atoms with van der Waals surface area (Å²) in [6, 6.07) is 0. The SMILES string of the molecule is CC(C)(CC(N)=O)NCc1cnn(C(C)(C)C)c1. The zero-order chi connectivity index (χ0) is 14.0. The number of carbonyl (C=O) groups is 1. The third kappa shape index (κ3) is 4.49. The van der Waals surface area contributed by atoms with Crippen molar-refractivity contribution in [3.8, 4) is 0 Å². The lowest BCUT2D eigenvalue weighted by atomic mass is 10.00. The van der Waals surface area contributed by atoms with Gasteiger partial charge in [-0.25, -0.2) is 0 Å². The smallest absolute Gasteiger partial charge is 0.219 e. The highest BCUT2D eigenvalue weighted by atomic mass is 16.1. The van der Waals surface area contributed by atoms with E-state index >= 15 is 0 Å². The Morgan fingerprint density at radius 3 is 2.44 bits per heavy atom. The van der Waals surface area contributed by atoms with Crippen molar-refractivity contribution in [1.82, 2.24) is 15.1 Å². The van der Waals surface area contributed by atoms with Crippen molar-refractivity contribution in [2.24, 2.45) is 5.73 Å². The number of rotatable bonds is 5. The second-order valence-electron chi connectivity index (χ2n) is 6.34. The number of carbonyl (C=O) groups excluding carboxylic acids is 1. The average molecular weight is 252 g/mol. The van der Waals surface area contributed by atoms with E-state index in [1.807, 2.05) is 30.9 Å². The fourth-order valence-corrected chi connectivity index (χ4v) is 1.66. The van der Waals surface area contributed by atoms with E-state index in [4.69, 9.17) is 5.73 Å². The van der Waals surface area contributed by atoms with E-state index in [0.29, 0.717) is 13.0 Å². The molecule has 1 aromatic rings. The number of nitrogens with zero attached hydrogens (tertiary/aromatic N) is 2. The van der Waals surface area contributed by atoms with Gasteiger partial charge in [0.15, 0.2) is 0 Å². The first kappa shape index (κ1) is 14.7. The Bertz CT molecular complexity index is 415. The molecule has 0 aliphatic carbocycles. The van der Waals surface area contributed by atoms with Gasteiger partial charge in [-0.3, -0.25) is 9.48 Å². The average Bonchev–Trinajstić information content (AvgIpc) is 2.60. The summed E-state index contributed by atoms with van der Waals surface area (Å²) in [6.45, 7) is 10.9. The van der Waals surface area contributed by atoms with Crippen LogP contribution in [0.2, 0.25) is 0 Å². The number of amides is 1. The lowest BCUT2D eigenvalue weighted by Crippen LogP contribution is -2.42. The van der Waals surface area contributed by atoms with Crippen molar-refractivity contribution in [2.75, 3.05) is 0 Å². The lowest BCUT2D eigenvalue weighted by Gasteiger charge is -2.24. The minimum atomic E-state index is -0.296. The third-order valence-electron chi connectivity index (χ3n) is 2.71. The van der Waals surface area contributed by atoms with Gasteiger partial charge in [-0.2, -0.15) is 5.10 Å². The van der Waals surface area contributed by atoms with Crippen molar-refractivity contribution in [3.63, 3.8) is 0 Å². The number of nitrogens with one attached hydrogen (secondary N) is 1. The first-order valence-corrected chi connectivity index (χ1v) is 6.17. The van der Waals surface area contributed by atoms with Gasteiger partial charge in [0, 0.05) is 30.3 Å². The van der Waals surface area contributed by atoms with Crippen LogP contribution in [0.4, 0.5) is 0 Å². The molecule has 5 nitrogen and oxygen atoms in total. The van der Waals surface area contributed by atoms with Gasteiger partial charge >= 0.3 is 0 Å². The molecular formula is C13H24N4O. The molecule has 0 radical (unpaired) electrons. The van der Waals surface area contributed by atoms with E-state index in [9.17, 15) is 4.79 Å². The second-order valence-corrected chi connectivity index (χ2v) is 6.34. The molecule has 0 aliphatic rings. The van der Waals surface area contributed by atoms with Gasteiger partial charge < -0.3 is 11.1 Å². The molecule has 1 aromatic heterocycles. The number of primary amides is 1. The van der Waals surface area contributed by atoms with E-state index in [1.54, 1.807) is 0 Å². The number of hydrogen-bond acceptors (Lipinski definition) is 3. The molecule has 0 spiro atoms. The van der Waals surface area contributed by atoms with Crippen molar-refractivity contribution in [1.29, 1.82) is 0 Å². The van der Waals surface area contributed by atoms with Crippen LogP contribution in [0.25, 0.3) is 0 Å². The predicted molar refractivity (Wildman–Crippen MR) is 72.0 cm³/mol. The molecular weight excluding hydrogens is 228 g/mol. The first-order chi connectivity index (χ1) is 8.10. The Kier molecular flexibility index (Phi) is 4.16. The molecule has 1 heterocycles. The van der Waals surface area contributed by atoms with Gasteiger partial charge in [0.25, 0.3) is 0 Å². The highest BCUT2D eigenvalue weighted by Gasteiger charge is 2.20. The Hall–Kier alpha value is -1.36. The quantitative estimate of drug-likeness (QED) is 0.831. The fraction of sp³-hybridized carbons (Fsp3) is 0.692. The Morgan fingerprint density at radius 1 is 1.39 bits per heavy atom. The summed E-state index contributed by atoms with van der Waals surface area (Å²) in [5.74, 6) is -0.294. The summed E-state index contributed by atoms with van der Waals surface area (Å²) in [4.78, 5) is 10.9. The maximum absolute atomic E-state index is 10.9. The van der Waals surface area contributed by atoms with E-state index in [-0.39, 0.29) is 17.0 Å². The number of aromatic nitrogens is 2. The molecule has 0 bridgehead atoms. The summed E-state index contributed by atoms with van der Waals surface area (Å²) >= 11 is 0. The normalized spacial score (nSPS) is 12.7. The summed E-state index contributed by atoms with van der Waals surface area (Å²) in [7, 11) is 0. The second kappa shape index (κ2) is 5.10. The van der Waals surface area contributed by atoms with Gasteiger partial charge in [-0.1, -0.05) is 0 Å². The van der Waals surface area contributed by atoms with Crippen molar-refractivity contribution in [3.05, 3.63) is 18.0 Å². The number of hydrogen-bond donors (Lipinski definition) is 2. The molecule has 0 saturated heterocycles. The standard InChI is InChI=1S/C13H24N4O/c1-12(2,3)17-9-10(8-16-17)7-15-13(4,5)6-11(14)18/h8-9,15H,6-7H2,1-5H3,(H2,14,18). The molecule has 0 aliphatic heterocycles. The molecule has 0 unspecified atom stereocenters. The minimum Gasteiger partial charge on any atom is -0.370 e. The fourth-order valence-electron chi connectivity index (χ4n) is 1.66. The molecule has 5 heteroatoms. The van der Waals surface area contributed by atoms with Crippen LogP contribution in [0.3, 0.4) is 0 Å². The third-order valence-corrected chi connectivity index (χ3v) is 2.71. The zero-order valence-corrected chi connectivity index (χ0v) is 11.9. The largest absolute Gasteiger partial charge is 0.370 e. The van der Waals surface area contributed by atoms with E-state index in [0.717, 1.165) is 5.56 Å². The van der Waals surface area contributed by atoms with Gasteiger partial charge in [0.1, 0.15) is 0 Å². The van der Waals surface area contributed by atoms with Crippen LogP contribution in [0.15, 0.2) is 12.4 Å². The monoisotopic (exact) mass is 252 g/mol. The first-order valence-electron chi connectivity index (χ1n) is 6.17. The summed E-state index contributed by atoms with van der Waals surface area (Å²) in [5, 5.41) is 7.65. The Balaban J connectivity index is 2.59. The Labute approximate surface area is 109 Å². The van der Waals surface area contributed by atoms with Crippen LogP contribution in [0, 0.1) is 0 Å². The molecule has 1 rings (SSSR count). The summed E-state index contributed by atoms with van der Waals surface area (Å²) < 4.78 is 1.94. The summed E-state index contributed by atoms with van der Waals surface area (Å²) in [6.07, 6.45) is 4.19. The van der Waals surface area contributed by atoms with Crippen LogP contribution in [0.1, 0.15) is 46.6 Å². The maximum atomic E-state index is 10.9. The molecule has 0 atom stereocenters. The van der Waals surface area contributed by atoms with Crippen LogP contribution in [-0.2, 0) is 16.9 Å². The topological polar surface area (TPSA) is 72.9 Å². The number of nitrogens with two attached hydrogens (primary N) is 1. The van der Waals surface area contributed by atoms with Crippen LogP contribution in [-0.4, -0.2) is 21.2 Å². The van der Waals surface area contributed by atoms with Crippen molar-refractivity contribution >= 4 is 5.91 Å². The van der Waals surface area contributed by atoms with E-state index in [1.165, 1.54) is 0 Å². The summed E-state index contributed by atoms with van der Waals surface area (Å²) in [5.41, 5.74) is 6.00. The van der Waals surface area contributed by atoms with Gasteiger partial charge in [0.05, 0.1) is 11.7 Å². The minimum absolute atomic E-state index is 0.0129. The highest BCUT2D eigenvalue weighted by Crippen LogP contribution is 2.14. The molecule has 18 heavy (non-hydrogen) atoms.